The van der Waals surface area contributed by atoms with E-state index in [1.54, 1.807) is 0 Å². The number of aromatic nitrogens is 2. The first-order valence-electron chi connectivity index (χ1n) is 5.97. The summed E-state index contributed by atoms with van der Waals surface area (Å²) in [5.41, 5.74) is -3.36. The zero-order valence-electron chi connectivity index (χ0n) is 10.9. The lowest BCUT2D eigenvalue weighted by molar-refractivity contribution is -0.389. The Hall–Kier alpha value is -2.50. The fraction of sp³-hybridized carbons (Fsp3) is 0.500. The van der Waals surface area contributed by atoms with E-state index >= 15 is 0 Å². The number of amides is 1. The summed E-state index contributed by atoms with van der Waals surface area (Å²) >= 11 is 0. The first kappa shape index (κ1) is 15.9. The van der Waals surface area contributed by atoms with Gasteiger partial charge in [0.25, 0.3) is 5.72 Å². The third-order valence-electron chi connectivity index (χ3n) is 2.98. The van der Waals surface area contributed by atoms with Gasteiger partial charge in [-0.05, 0) is 4.92 Å². The highest BCUT2D eigenvalue weighted by Gasteiger charge is 2.61. The summed E-state index contributed by atoms with van der Waals surface area (Å²) in [5.74, 6) is -1.52. The molecule has 0 aliphatic carbocycles. The molecule has 1 N–H and O–H groups in total. The predicted molar refractivity (Wildman–Crippen MR) is 64.5 cm³/mol. The van der Waals surface area contributed by atoms with Crippen molar-refractivity contribution in [3.05, 3.63) is 22.4 Å². The van der Waals surface area contributed by atoms with Crippen molar-refractivity contribution in [1.29, 1.82) is 0 Å². The minimum atomic E-state index is -5.05. The van der Waals surface area contributed by atoms with Crippen molar-refractivity contribution in [2.24, 2.45) is 5.10 Å². The normalized spacial score (nSPS) is 21.4. The second-order valence-corrected chi connectivity index (χ2v) is 4.47. The molecule has 120 valence electrons. The molecule has 0 bridgehead atoms. The van der Waals surface area contributed by atoms with Crippen molar-refractivity contribution in [2.45, 2.75) is 31.3 Å². The van der Waals surface area contributed by atoms with Crippen LogP contribution in [0.3, 0.4) is 0 Å². The van der Waals surface area contributed by atoms with Gasteiger partial charge in [0.2, 0.25) is 5.91 Å². The second kappa shape index (κ2) is 5.36. The molecule has 2 rings (SSSR count). The molecular weight excluding hydrogens is 311 g/mol. The van der Waals surface area contributed by atoms with Gasteiger partial charge >= 0.3 is 12.0 Å². The first-order valence-corrected chi connectivity index (χ1v) is 5.97. The van der Waals surface area contributed by atoms with E-state index in [0.29, 0.717) is 0 Å². The third-order valence-corrected chi connectivity index (χ3v) is 2.98. The number of hydrogen-bond acceptors (Lipinski definition) is 6. The summed E-state index contributed by atoms with van der Waals surface area (Å²) in [7, 11) is 0. The molecule has 1 aromatic rings. The summed E-state index contributed by atoms with van der Waals surface area (Å²) in [6.45, 7) is -0.188. The molecule has 1 aromatic heterocycles. The number of nitrogens with zero attached hydrogens (tertiary/aromatic N) is 5. The van der Waals surface area contributed by atoms with Gasteiger partial charge in [-0.15, -0.1) is 0 Å². The summed E-state index contributed by atoms with van der Waals surface area (Å²) in [6, 6.07) is 1.09. The SMILES string of the molecule is O=C(CCn1ccc([N+](=O)[O-])n1)N1N=CCC1(O)C(F)(F)F. The van der Waals surface area contributed by atoms with Gasteiger partial charge in [0, 0.05) is 12.6 Å². The van der Waals surface area contributed by atoms with Gasteiger partial charge in [-0.1, -0.05) is 0 Å². The van der Waals surface area contributed by atoms with Gasteiger partial charge in [0.1, 0.15) is 0 Å². The minimum Gasteiger partial charge on any atom is -0.362 e. The van der Waals surface area contributed by atoms with Crippen LogP contribution in [-0.4, -0.2) is 48.8 Å². The Morgan fingerprint density at radius 1 is 1.55 bits per heavy atom. The molecule has 0 aromatic carbocycles. The zero-order chi connectivity index (χ0) is 16.5. The monoisotopic (exact) mass is 321 g/mol. The number of aliphatic hydroxyl groups is 1. The van der Waals surface area contributed by atoms with Gasteiger partial charge in [0.15, 0.2) is 0 Å². The number of rotatable bonds is 4. The van der Waals surface area contributed by atoms with Crippen molar-refractivity contribution in [3.63, 3.8) is 0 Å². The average molecular weight is 321 g/mol. The van der Waals surface area contributed by atoms with E-state index in [1.807, 2.05) is 0 Å². The van der Waals surface area contributed by atoms with Crippen LogP contribution in [0.1, 0.15) is 12.8 Å². The topological polar surface area (TPSA) is 114 Å². The molecular formula is C10H10F3N5O4. The third kappa shape index (κ3) is 2.77. The summed E-state index contributed by atoms with van der Waals surface area (Å²) in [5, 5.41) is 26.8. The van der Waals surface area contributed by atoms with E-state index in [0.717, 1.165) is 17.0 Å². The molecule has 12 heteroatoms. The van der Waals surface area contributed by atoms with Crippen LogP contribution in [0, 0.1) is 10.1 Å². The molecule has 0 saturated heterocycles. The fourth-order valence-electron chi connectivity index (χ4n) is 1.83. The Labute approximate surface area is 120 Å². The number of carbonyl (C=O) groups is 1. The lowest BCUT2D eigenvalue weighted by Crippen LogP contribution is -2.56. The zero-order valence-corrected chi connectivity index (χ0v) is 10.9. The number of carbonyl (C=O) groups excluding carboxylic acids is 1. The molecule has 9 nitrogen and oxygen atoms in total. The van der Waals surface area contributed by atoms with Crippen LogP contribution in [0.15, 0.2) is 17.4 Å². The average Bonchev–Trinajstić information content (AvgIpc) is 3.02. The minimum absolute atomic E-state index is 0.0229. The molecule has 0 saturated carbocycles. The fourth-order valence-corrected chi connectivity index (χ4v) is 1.83. The van der Waals surface area contributed by atoms with Crippen molar-refractivity contribution in [1.82, 2.24) is 14.8 Å². The van der Waals surface area contributed by atoms with E-state index in [2.05, 4.69) is 10.2 Å². The summed E-state index contributed by atoms with van der Waals surface area (Å²) in [4.78, 5) is 21.5. The molecule has 22 heavy (non-hydrogen) atoms. The number of aryl methyl sites for hydroxylation is 1. The van der Waals surface area contributed by atoms with E-state index in [9.17, 15) is 33.2 Å². The molecule has 1 amide bonds. The van der Waals surface area contributed by atoms with Gasteiger partial charge in [-0.2, -0.15) is 28.0 Å². The highest BCUT2D eigenvalue weighted by Crippen LogP contribution is 2.38. The molecule has 1 unspecified atom stereocenters. The van der Waals surface area contributed by atoms with E-state index in [1.165, 1.54) is 6.20 Å². The molecule has 1 atom stereocenters. The van der Waals surface area contributed by atoms with Gasteiger partial charge in [-0.3, -0.25) is 4.79 Å². The van der Waals surface area contributed by atoms with Crippen molar-refractivity contribution >= 4 is 17.9 Å². The second-order valence-electron chi connectivity index (χ2n) is 4.47. The quantitative estimate of drug-likeness (QED) is 0.646. The molecule has 1 aliphatic rings. The Morgan fingerprint density at radius 3 is 2.77 bits per heavy atom. The van der Waals surface area contributed by atoms with Crippen molar-refractivity contribution < 1.29 is 28.0 Å². The van der Waals surface area contributed by atoms with Crippen LogP contribution in [0.4, 0.5) is 19.0 Å². The number of hydrazone groups is 1. The largest absolute Gasteiger partial charge is 0.438 e. The number of hydrogen-bond donors (Lipinski definition) is 1. The summed E-state index contributed by atoms with van der Waals surface area (Å²) < 4.78 is 39.4. The van der Waals surface area contributed by atoms with Gasteiger partial charge in [-0.25, -0.2) is 0 Å². The maximum absolute atomic E-state index is 12.8. The molecule has 0 fully saturated rings. The number of alkyl halides is 3. The van der Waals surface area contributed by atoms with E-state index < -0.39 is 41.4 Å². The highest BCUT2D eigenvalue weighted by molar-refractivity contribution is 5.80. The van der Waals surface area contributed by atoms with E-state index in [4.69, 9.17) is 0 Å². The van der Waals surface area contributed by atoms with Crippen LogP contribution < -0.4 is 0 Å². The smallest absolute Gasteiger partial charge is 0.362 e. The highest BCUT2D eigenvalue weighted by atomic mass is 19.4. The lowest BCUT2D eigenvalue weighted by Gasteiger charge is -2.32. The first-order chi connectivity index (χ1) is 10.1. The van der Waals surface area contributed by atoms with Gasteiger partial charge < -0.3 is 15.2 Å². The summed E-state index contributed by atoms with van der Waals surface area (Å²) in [6.07, 6.45) is -4.35. The molecule has 0 radical (unpaired) electrons. The Morgan fingerprint density at radius 2 is 2.23 bits per heavy atom. The maximum Gasteiger partial charge on any atom is 0.438 e. The molecule has 0 spiro atoms. The Balaban J connectivity index is 2.02. The predicted octanol–water partition coefficient (Wildman–Crippen LogP) is 0.650. The van der Waals surface area contributed by atoms with Crippen LogP contribution in [-0.2, 0) is 11.3 Å². The van der Waals surface area contributed by atoms with Gasteiger partial charge in [0.05, 0.1) is 30.3 Å². The number of nitro groups is 1. The van der Waals surface area contributed by atoms with Crippen molar-refractivity contribution in [3.8, 4) is 0 Å². The molecule has 2 heterocycles. The maximum atomic E-state index is 12.8. The van der Waals surface area contributed by atoms with Crippen LogP contribution in [0.25, 0.3) is 0 Å². The van der Waals surface area contributed by atoms with Crippen molar-refractivity contribution in [2.75, 3.05) is 0 Å². The number of halogens is 3. The standard InChI is InChI=1S/C10H10F3N5O4/c11-10(12,13)9(20)3-4-14-17(9)8(19)2-6-16-5-1-7(15-16)18(21)22/h1,4-5,20H,2-3,6H2. The molecule has 1 aliphatic heterocycles. The Kier molecular flexibility index (Phi) is 3.87. The van der Waals surface area contributed by atoms with Crippen LogP contribution in [0.2, 0.25) is 0 Å². The Bertz CT molecular complexity index is 628. The van der Waals surface area contributed by atoms with E-state index in [-0.39, 0.29) is 11.6 Å². The van der Waals surface area contributed by atoms with Crippen LogP contribution in [0.5, 0.6) is 0 Å². The van der Waals surface area contributed by atoms with Crippen LogP contribution >= 0.6 is 0 Å². The lowest BCUT2D eigenvalue weighted by atomic mass is 10.1.